The van der Waals surface area contributed by atoms with Crippen molar-refractivity contribution < 1.29 is 0 Å². The van der Waals surface area contributed by atoms with E-state index in [4.69, 9.17) is 5.73 Å². The number of rotatable bonds is 0. The third-order valence-corrected chi connectivity index (χ3v) is 0. The summed E-state index contributed by atoms with van der Waals surface area (Å²) in [6.45, 7) is 6.90. The largest absolute Gasteiger partial charge is 0.333 e. The van der Waals surface area contributed by atoms with Crippen molar-refractivity contribution >= 4 is 0 Å². The molecule has 0 saturated carbocycles. The van der Waals surface area contributed by atoms with Gasteiger partial charge in [0.15, 0.2) is 0 Å². The van der Waals surface area contributed by atoms with Crippen LogP contribution in [0.3, 0.4) is 0 Å². The van der Waals surface area contributed by atoms with Gasteiger partial charge in [0.25, 0.3) is 0 Å². The molecule has 8 heavy (non-hydrogen) atoms. The molecule has 0 radical (unpaired) electrons. The predicted octanol–water partition coefficient (Wildman–Crippen LogP) is 0.956. The lowest BCUT2D eigenvalue weighted by Gasteiger charge is -1.53. The van der Waals surface area contributed by atoms with E-state index < -0.39 is 0 Å². The van der Waals surface area contributed by atoms with Crippen LogP contribution in [-0.2, 0) is 0 Å². The maximum Gasteiger partial charge on any atom is -0.0106 e. The second kappa shape index (κ2) is 65.8. The highest BCUT2D eigenvalue weighted by Crippen LogP contribution is 1.56. The van der Waals surface area contributed by atoms with Gasteiger partial charge in [-0.1, -0.05) is 27.2 Å². The quantitative estimate of drug-likeness (QED) is 0.500. The molecule has 0 aliphatic heterocycles. The average Bonchev–Trinajstić information content (AvgIpc) is 1.75. The Morgan fingerprint density at radius 2 is 1.00 bits per heavy atom. The minimum atomic E-state index is 0.750. The molecule has 0 aromatic carbocycles. The van der Waals surface area contributed by atoms with Crippen molar-refractivity contribution in [1.82, 2.24) is 0 Å². The molecule has 0 aliphatic carbocycles. The fourth-order valence-corrected chi connectivity index (χ4v) is 0. The molecule has 0 bridgehead atoms. The normalized spacial score (nSPS) is 5.25. The van der Waals surface area contributed by atoms with Crippen LogP contribution in [0.15, 0.2) is 0 Å². The number of nitrogens with two attached hydrogens (primary N) is 2. The maximum atomic E-state index is 4.85. The Hall–Kier alpha value is -0.0800. The van der Waals surface area contributed by atoms with Crippen LogP contribution in [0.5, 0.6) is 0 Å². The zero-order valence-corrected chi connectivity index (χ0v) is 6.57. The smallest absolute Gasteiger partial charge is 0.0106 e. The zero-order chi connectivity index (χ0) is 7.41. The van der Waals surface area contributed by atoms with E-state index in [1.165, 1.54) is 13.5 Å². The first kappa shape index (κ1) is 15.7. The van der Waals surface area contributed by atoms with E-state index >= 15 is 0 Å². The SMILES string of the molecule is CCC.CCN.CN. The Balaban J connectivity index is -0.0000000483. The molecule has 0 fully saturated rings. The summed E-state index contributed by atoms with van der Waals surface area (Å²) < 4.78 is 0. The van der Waals surface area contributed by atoms with Crippen molar-refractivity contribution in [1.29, 1.82) is 0 Å². The Morgan fingerprint density at radius 1 is 1.00 bits per heavy atom. The molecular weight excluding hydrogens is 100 g/mol. The molecule has 4 N–H and O–H groups in total. The maximum absolute atomic E-state index is 4.85. The van der Waals surface area contributed by atoms with Gasteiger partial charge >= 0.3 is 0 Å². The van der Waals surface area contributed by atoms with Crippen LogP contribution >= 0.6 is 0 Å². The van der Waals surface area contributed by atoms with Crippen molar-refractivity contribution in [3.8, 4) is 0 Å². The van der Waals surface area contributed by atoms with Gasteiger partial charge in [-0.2, -0.15) is 0 Å². The van der Waals surface area contributed by atoms with Gasteiger partial charge in [0.2, 0.25) is 0 Å². The molecule has 0 unspecified atom stereocenters. The Morgan fingerprint density at radius 3 is 1.00 bits per heavy atom. The summed E-state index contributed by atoms with van der Waals surface area (Å²) >= 11 is 0. The van der Waals surface area contributed by atoms with Crippen LogP contribution in [0.2, 0.25) is 0 Å². The molecule has 0 aromatic rings. The van der Waals surface area contributed by atoms with Gasteiger partial charge in [-0.3, -0.25) is 0 Å². The summed E-state index contributed by atoms with van der Waals surface area (Å²) in [4.78, 5) is 0. The summed E-state index contributed by atoms with van der Waals surface area (Å²) in [5.74, 6) is 0. The summed E-state index contributed by atoms with van der Waals surface area (Å²) in [6.07, 6.45) is 1.25. The molecule has 2 nitrogen and oxygen atoms in total. The molecule has 0 heterocycles. The summed E-state index contributed by atoms with van der Waals surface area (Å²) in [5.41, 5.74) is 9.35. The number of hydrogen-bond donors (Lipinski definition) is 2. The zero-order valence-electron chi connectivity index (χ0n) is 6.57. The van der Waals surface area contributed by atoms with Gasteiger partial charge < -0.3 is 11.5 Å². The standard InChI is InChI=1S/C3H8.C2H7N.CH5N/c1-3-2;1-2-3;1-2/h3H2,1-2H3;2-3H2,1H3;2H2,1H3. The molecular formula is C6H20N2. The molecule has 0 aliphatic rings. The van der Waals surface area contributed by atoms with Crippen LogP contribution in [0.1, 0.15) is 27.2 Å². The van der Waals surface area contributed by atoms with E-state index in [-0.39, 0.29) is 0 Å². The highest BCUT2D eigenvalue weighted by molar-refractivity contribution is 4.00. The van der Waals surface area contributed by atoms with Gasteiger partial charge in [-0.05, 0) is 13.6 Å². The topological polar surface area (TPSA) is 52.0 Å². The van der Waals surface area contributed by atoms with Crippen molar-refractivity contribution in [3.63, 3.8) is 0 Å². The van der Waals surface area contributed by atoms with E-state index in [1.807, 2.05) is 6.92 Å². The van der Waals surface area contributed by atoms with Gasteiger partial charge in [-0.25, -0.2) is 0 Å². The lowest BCUT2D eigenvalue weighted by atomic mass is 10.6. The molecule has 0 atom stereocenters. The van der Waals surface area contributed by atoms with Crippen LogP contribution in [0, 0.1) is 0 Å². The Kier molecular flexibility index (Phi) is 129. The van der Waals surface area contributed by atoms with Gasteiger partial charge in [0.05, 0.1) is 0 Å². The third-order valence-electron chi connectivity index (χ3n) is 0. The first-order chi connectivity index (χ1) is 3.83. The third kappa shape index (κ3) is 22400. The summed E-state index contributed by atoms with van der Waals surface area (Å²) in [7, 11) is 1.50. The van der Waals surface area contributed by atoms with Gasteiger partial charge in [0.1, 0.15) is 0 Å². The minimum Gasteiger partial charge on any atom is -0.333 e. The number of hydrogen-bond acceptors (Lipinski definition) is 2. The van der Waals surface area contributed by atoms with E-state index in [0.29, 0.717) is 0 Å². The highest BCUT2D eigenvalue weighted by Gasteiger charge is 1.35. The molecule has 54 valence electrons. The molecule has 0 spiro atoms. The fraction of sp³-hybridized carbons (Fsp3) is 1.00. The van der Waals surface area contributed by atoms with Crippen LogP contribution < -0.4 is 11.5 Å². The van der Waals surface area contributed by atoms with Crippen molar-refractivity contribution in [3.05, 3.63) is 0 Å². The van der Waals surface area contributed by atoms with Crippen LogP contribution in [0.4, 0.5) is 0 Å². The van der Waals surface area contributed by atoms with Crippen molar-refractivity contribution in [2.24, 2.45) is 11.5 Å². The van der Waals surface area contributed by atoms with Gasteiger partial charge in [0, 0.05) is 0 Å². The average molecular weight is 120 g/mol. The summed E-state index contributed by atoms with van der Waals surface area (Å²) in [5, 5.41) is 0. The van der Waals surface area contributed by atoms with Crippen molar-refractivity contribution in [2.75, 3.05) is 13.6 Å². The molecule has 0 aromatic heterocycles. The monoisotopic (exact) mass is 120 g/mol. The Labute approximate surface area is 53.3 Å². The van der Waals surface area contributed by atoms with E-state index in [9.17, 15) is 0 Å². The Bertz CT molecular complexity index is 8.49. The first-order valence-corrected chi connectivity index (χ1v) is 3.11. The van der Waals surface area contributed by atoms with Crippen molar-refractivity contribution in [2.45, 2.75) is 27.2 Å². The fourth-order valence-electron chi connectivity index (χ4n) is 0. The lowest BCUT2D eigenvalue weighted by molar-refractivity contribution is 1.09. The predicted molar refractivity (Wildman–Crippen MR) is 40.8 cm³/mol. The van der Waals surface area contributed by atoms with E-state index in [0.717, 1.165) is 6.54 Å². The van der Waals surface area contributed by atoms with Crippen LogP contribution in [-0.4, -0.2) is 13.6 Å². The van der Waals surface area contributed by atoms with Crippen LogP contribution in [0.25, 0.3) is 0 Å². The highest BCUT2D eigenvalue weighted by atomic mass is 14.5. The molecule has 0 saturated heterocycles. The minimum absolute atomic E-state index is 0.750. The second-order valence-electron chi connectivity index (χ2n) is 1.12. The molecule has 0 amide bonds. The lowest BCUT2D eigenvalue weighted by Crippen LogP contribution is -1.87. The van der Waals surface area contributed by atoms with E-state index in [1.54, 1.807) is 0 Å². The van der Waals surface area contributed by atoms with Gasteiger partial charge in [-0.15, -0.1) is 0 Å². The summed E-state index contributed by atoms with van der Waals surface area (Å²) in [6, 6.07) is 0. The molecule has 0 rings (SSSR count). The second-order valence-corrected chi connectivity index (χ2v) is 1.12. The van der Waals surface area contributed by atoms with E-state index in [2.05, 4.69) is 19.6 Å². The molecule has 2 heteroatoms. The first-order valence-electron chi connectivity index (χ1n) is 3.11.